The van der Waals surface area contributed by atoms with Crippen LogP contribution >= 0.6 is 11.3 Å². The van der Waals surface area contributed by atoms with Gasteiger partial charge in [-0.1, -0.05) is 56.3 Å². The van der Waals surface area contributed by atoms with Gasteiger partial charge in [-0.15, -0.1) is 11.3 Å². The van der Waals surface area contributed by atoms with Crippen molar-refractivity contribution in [1.29, 1.82) is 5.26 Å². The molecule has 0 aliphatic carbocycles. The zero-order valence-corrected chi connectivity index (χ0v) is 17.7. The molecule has 0 aliphatic heterocycles. The monoisotopic (exact) mass is 403 g/mol. The van der Waals surface area contributed by atoms with Gasteiger partial charge in [-0.3, -0.25) is 10.1 Å². The van der Waals surface area contributed by atoms with Gasteiger partial charge >= 0.3 is 0 Å². The Balaban J connectivity index is 1.79. The van der Waals surface area contributed by atoms with Gasteiger partial charge in [0, 0.05) is 4.88 Å². The first-order valence-corrected chi connectivity index (χ1v) is 10.6. The van der Waals surface area contributed by atoms with Crippen LogP contribution in [0.5, 0.6) is 0 Å². The Hall–Kier alpha value is -2.94. The number of thiophene rings is 1. The van der Waals surface area contributed by atoms with Gasteiger partial charge in [-0.25, -0.2) is 0 Å². The van der Waals surface area contributed by atoms with E-state index < -0.39 is 6.04 Å². The van der Waals surface area contributed by atoms with Gasteiger partial charge in [0.15, 0.2) is 0 Å². The molecule has 3 rings (SSSR count). The van der Waals surface area contributed by atoms with Crippen molar-refractivity contribution in [2.75, 3.05) is 5.32 Å². The van der Waals surface area contributed by atoms with Gasteiger partial charge in [0.05, 0.1) is 23.3 Å². The van der Waals surface area contributed by atoms with Gasteiger partial charge < -0.3 is 5.32 Å². The van der Waals surface area contributed by atoms with Crippen LogP contribution in [0.2, 0.25) is 0 Å². The van der Waals surface area contributed by atoms with E-state index in [0.29, 0.717) is 17.2 Å². The molecule has 5 heteroatoms. The van der Waals surface area contributed by atoms with E-state index in [1.165, 1.54) is 5.56 Å². The molecule has 0 bridgehead atoms. The molecule has 0 saturated carbocycles. The van der Waals surface area contributed by atoms with E-state index in [9.17, 15) is 10.1 Å². The zero-order valence-electron chi connectivity index (χ0n) is 16.8. The van der Waals surface area contributed by atoms with Crippen LogP contribution in [0.4, 0.5) is 5.69 Å². The number of carbonyl (C=O) groups excluding carboxylic acids is 1. The average Bonchev–Trinajstić information content (AvgIpc) is 3.26. The fourth-order valence-corrected chi connectivity index (χ4v) is 3.94. The Morgan fingerprint density at radius 3 is 2.28 bits per heavy atom. The number of nitrogens with one attached hydrogen (secondary N) is 2. The Bertz CT molecular complexity index is 988. The number of hydrogen-bond acceptors (Lipinski definition) is 4. The number of carbonyl (C=O) groups is 1. The van der Waals surface area contributed by atoms with Crippen LogP contribution in [0.25, 0.3) is 0 Å². The number of rotatable bonds is 7. The molecular weight excluding hydrogens is 378 g/mol. The highest BCUT2D eigenvalue weighted by Gasteiger charge is 2.22. The molecule has 29 heavy (non-hydrogen) atoms. The number of nitriles is 1. The summed E-state index contributed by atoms with van der Waals surface area (Å²) in [7, 11) is 0. The SMILES string of the molecule is CC(C)c1ccc([C@@H](N[C@@H](C)C(=O)Nc2ccccc2C#N)c2cccs2)cc1. The lowest BCUT2D eigenvalue weighted by atomic mass is 9.98. The molecule has 1 heterocycles. The number of benzene rings is 2. The summed E-state index contributed by atoms with van der Waals surface area (Å²) >= 11 is 1.66. The second-order valence-corrected chi connectivity index (χ2v) is 8.28. The minimum Gasteiger partial charge on any atom is -0.324 e. The summed E-state index contributed by atoms with van der Waals surface area (Å²) in [4.78, 5) is 13.9. The van der Waals surface area contributed by atoms with Crippen molar-refractivity contribution in [3.8, 4) is 6.07 Å². The molecule has 0 fully saturated rings. The first-order valence-electron chi connectivity index (χ1n) is 9.69. The Labute approximate surface area is 176 Å². The van der Waals surface area contributed by atoms with Crippen LogP contribution in [0.15, 0.2) is 66.0 Å². The van der Waals surface area contributed by atoms with Gasteiger partial charge in [0.1, 0.15) is 6.07 Å². The van der Waals surface area contributed by atoms with E-state index in [0.717, 1.165) is 10.4 Å². The van der Waals surface area contributed by atoms with E-state index in [4.69, 9.17) is 0 Å². The third-order valence-electron chi connectivity index (χ3n) is 4.88. The van der Waals surface area contributed by atoms with Crippen molar-refractivity contribution in [2.24, 2.45) is 0 Å². The first kappa shape index (κ1) is 20.8. The second kappa shape index (κ2) is 9.51. The lowest BCUT2D eigenvalue weighted by Crippen LogP contribution is -2.40. The summed E-state index contributed by atoms with van der Waals surface area (Å²) in [6.45, 7) is 6.19. The highest BCUT2D eigenvalue weighted by atomic mass is 32.1. The molecule has 0 saturated heterocycles. The largest absolute Gasteiger partial charge is 0.324 e. The molecule has 1 aromatic heterocycles. The third kappa shape index (κ3) is 5.11. The fraction of sp³-hybridized carbons (Fsp3) is 0.250. The van der Waals surface area contributed by atoms with Crippen LogP contribution < -0.4 is 10.6 Å². The molecule has 2 atom stereocenters. The van der Waals surface area contributed by atoms with E-state index in [1.54, 1.807) is 35.6 Å². The summed E-state index contributed by atoms with van der Waals surface area (Å²) in [5.74, 6) is 0.301. The predicted molar refractivity (Wildman–Crippen MR) is 119 cm³/mol. The molecule has 2 aromatic carbocycles. The summed E-state index contributed by atoms with van der Waals surface area (Å²) < 4.78 is 0. The van der Waals surface area contributed by atoms with Gasteiger partial charge in [-0.2, -0.15) is 5.26 Å². The molecule has 1 amide bonds. The normalized spacial score (nSPS) is 12.9. The van der Waals surface area contributed by atoms with Crippen LogP contribution in [0, 0.1) is 11.3 Å². The molecule has 2 N–H and O–H groups in total. The summed E-state index contributed by atoms with van der Waals surface area (Å²) in [5.41, 5.74) is 3.39. The van der Waals surface area contributed by atoms with E-state index in [1.807, 2.05) is 18.4 Å². The van der Waals surface area contributed by atoms with E-state index in [2.05, 4.69) is 60.9 Å². The van der Waals surface area contributed by atoms with Gasteiger partial charge in [0.2, 0.25) is 5.91 Å². The summed E-state index contributed by atoms with van der Waals surface area (Å²) in [5, 5.41) is 17.6. The molecule has 0 radical (unpaired) electrons. The Kier molecular flexibility index (Phi) is 6.82. The maximum absolute atomic E-state index is 12.8. The quantitative estimate of drug-likeness (QED) is 0.551. The molecular formula is C24H25N3OS. The topological polar surface area (TPSA) is 64.9 Å². The number of para-hydroxylation sites is 1. The van der Waals surface area contributed by atoms with E-state index >= 15 is 0 Å². The Morgan fingerprint density at radius 1 is 0.966 bits per heavy atom. The van der Waals surface area contributed by atoms with Crippen LogP contribution in [-0.2, 0) is 4.79 Å². The van der Waals surface area contributed by atoms with Crippen molar-refractivity contribution in [3.05, 3.63) is 87.6 Å². The maximum Gasteiger partial charge on any atom is 0.241 e. The molecule has 0 aliphatic rings. The first-order chi connectivity index (χ1) is 14.0. The highest BCUT2D eigenvalue weighted by molar-refractivity contribution is 7.10. The number of anilines is 1. The van der Waals surface area contributed by atoms with Crippen LogP contribution in [0.3, 0.4) is 0 Å². The number of nitrogens with zero attached hydrogens (tertiary/aromatic N) is 1. The highest BCUT2D eigenvalue weighted by Crippen LogP contribution is 2.28. The molecule has 3 aromatic rings. The summed E-state index contributed by atoms with van der Waals surface area (Å²) in [6.07, 6.45) is 0. The minimum absolute atomic E-state index is 0.0804. The van der Waals surface area contributed by atoms with Crippen molar-refractivity contribution in [1.82, 2.24) is 5.32 Å². The molecule has 4 nitrogen and oxygen atoms in total. The van der Waals surface area contributed by atoms with Crippen molar-refractivity contribution >= 4 is 22.9 Å². The van der Waals surface area contributed by atoms with Gasteiger partial charge in [0.25, 0.3) is 0 Å². The lowest BCUT2D eigenvalue weighted by molar-refractivity contribution is -0.117. The maximum atomic E-state index is 12.8. The molecule has 0 spiro atoms. The van der Waals surface area contributed by atoms with Crippen LogP contribution in [0.1, 0.15) is 54.3 Å². The third-order valence-corrected chi connectivity index (χ3v) is 5.82. The number of amides is 1. The second-order valence-electron chi connectivity index (χ2n) is 7.30. The average molecular weight is 404 g/mol. The predicted octanol–water partition coefficient (Wildman–Crippen LogP) is 5.45. The molecule has 0 unspecified atom stereocenters. The van der Waals surface area contributed by atoms with Crippen molar-refractivity contribution < 1.29 is 4.79 Å². The van der Waals surface area contributed by atoms with Crippen molar-refractivity contribution in [2.45, 2.75) is 38.8 Å². The van der Waals surface area contributed by atoms with Gasteiger partial charge in [-0.05, 0) is 47.5 Å². The van der Waals surface area contributed by atoms with Crippen molar-refractivity contribution in [3.63, 3.8) is 0 Å². The molecule has 148 valence electrons. The lowest BCUT2D eigenvalue weighted by Gasteiger charge is -2.23. The zero-order chi connectivity index (χ0) is 20.8. The standard InChI is InChI=1S/C24H25N3OS/c1-16(2)18-10-12-19(13-11-18)23(22-9-6-14-29-22)26-17(3)24(28)27-21-8-5-4-7-20(21)15-25/h4-14,16-17,23,26H,1-3H3,(H,27,28)/t17-,23+/m0/s1. The minimum atomic E-state index is -0.446. The number of hydrogen-bond donors (Lipinski definition) is 2. The van der Waals surface area contributed by atoms with E-state index in [-0.39, 0.29) is 11.9 Å². The summed E-state index contributed by atoms with van der Waals surface area (Å²) in [6, 6.07) is 21.3. The smallest absolute Gasteiger partial charge is 0.241 e. The fourth-order valence-electron chi connectivity index (χ4n) is 3.13. The van der Waals surface area contributed by atoms with Crippen LogP contribution in [-0.4, -0.2) is 11.9 Å². The Morgan fingerprint density at radius 2 is 1.66 bits per heavy atom.